The highest BCUT2D eigenvalue weighted by atomic mass is 19.4. The molecule has 0 bridgehead atoms. The number of rotatable bonds is 7. The van der Waals surface area contributed by atoms with E-state index in [-0.39, 0.29) is 5.91 Å². The van der Waals surface area contributed by atoms with E-state index in [0.717, 1.165) is 42.4 Å². The summed E-state index contributed by atoms with van der Waals surface area (Å²) in [5.74, 6) is -1.86. The Morgan fingerprint density at radius 3 is 2.10 bits per heavy atom. The molecule has 0 unspecified atom stereocenters. The monoisotopic (exact) mass is 553 g/mol. The van der Waals surface area contributed by atoms with Crippen LogP contribution in [-0.4, -0.2) is 65.7 Å². The maximum atomic E-state index is 12.8. The zero-order valence-electron chi connectivity index (χ0n) is 22.2. The normalized spacial score (nSPS) is 16.4. The first kappa shape index (κ1) is 29.3. The van der Waals surface area contributed by atoms with Gasteiger partial charge >= 0.3 is 12.1 Å². The first-order chi connectivity index (χ1) is 19.2. The van der Waals surface area contributed by atoms with Gasteiger partial charge in [0.2, 0.25) is 0 Å². The minimum absolute atomic E-state index is 0.0720. The summed E-state index contributed by atoms with van der Waals surface area (Å²) < 4.78 is 31.7. The Morgan fingerprint density at radius 1 is 0.825 bits per heavy atom. The third kappa shape index (κ3) is 9.20. The van der Waals surface area contributed by atoms with Gasteiger partial charge in [-0.3, -0.25) is 9.69 Å². The molecular formula is C31H34F3N3O3. The lowest BCUT2D eigenvalue weighted by molar-refractivity contribution is -0.192. The molecule has 2 fully saturated rings. The van der Waals surface area contributed by atoms with Crippen LogP contribution >= 0.6 is 0 Å². The second-order valence-electron chi connectivity index (χ2n) is 10.3. The smallest absolute Gasteiger partial charge is 0.475 e. The number of anilines is 1. The zero-order chi connectivity index (χ0) is 28.5. The maximum absolute atomic E-state index is 12.8. The Kier molecular flexibility index (Phi) is 9.95. The average Bonchev–Trinajstić information content (AvgIpc) is 3.78. The average molecular weight is 554 g/mol. The Bertz CT molecular complexity index is 1260. The van der Waals surface area contributed by atoms with Crippen molar-refractivity contribution in [3.63, 3.8) is 0 Å². The zero-order valence-corrected chi connectivity index (χ0v) is 22.2. The fraction of sp³-hybridized carbons (Fsp3) is 0.355. The van der Waals surface area contributed by atoms with Crippen molar-refractivity contribution in [2.75, 3.05) is 38.0 Å². The molecule has 3 aromatic carbocycles. The van der Waals surface area contributed by atoms with Gasteiger partial charge in [0.05, 0.1) is 0 Å². The van der Waals surface area contributed by atoms with Gasteiger partial charge in [-0.15, -0.1) is 0 Å². The van der Waals surface area contributed by atoms with Crippen LogP contribution in [0.4, 0.5) is 18.9 Å². The van der Waals surface area contributed by atoms with Crippen molar-refractivity contribution in [1.29, 1.82) is 0 Å². The molecule has 9 heteroatoms. The van der Waals surface area contributed by atoms with Crippen LogP contribution in [0, 0.1) is 5.92 Å². The first-order valence-corrected chi connectivity index (χ1v) is 13.5. The largest absolute Gasteiger partial charge is 0.490 e. The van der Waals surface area contributed by atoms with E-state index in [1.54, 1.807) is 0 Å². The molecule has 0 aromatic heterocycles. The number of hydrogen-bond acceptors (Lipinski definition) is 4. The van der Waals surface area contributed by atoms with Crippen molar-refractivity contribution in [2.24, 2.45) is 5.92 Å². The van der Waals surface area contributed by atoms with E-state index in [9.17, 15) is 18.0 Å². The van der Waals surface area contributed by atoms with Gasteiger partial charge in [-0.25, -0.2) is 4.79 Å². The summed E-state index contributed by atoms with van der Waals surface area (Å²) >= 11 is 0. The molecule has 0 atom stereocenters. The molecule has 1 saturated carbocycles. The molecule has 1 aliphatic heterocycles. The van der Waals surface area contributed by atoms with E-state index in [1.165, 1.54) is 44.5 Å². The summed E-state index contributed by atoms with van der Waals surface area (Å²) in [5, 5.41) is 10.2. The Morgan fingerprint density at radius 2 is 1.45 bits per heavy atom. The fourth-order valence-electron chi connectivity index (χ4n) is 4.68. The summed E-state index contributed by atoms with van der Waals surface area (Å²) in [7, 11) is 0. The standard InChI is InChI=1S/C29H33N3O.C2HF3O2/c33-29(27-14-12-26(13-15-27)25-7-2-1-3-8-25)30-28-9-4-6-24(20-28)22-32-17-5-16-31(18-19-32)21-23-10-11-23;3-2(4,5)1(6)7/h1-4,6-9,12-15,20,23H,5,10-11,16-19,21-22H2,(H,30,33);(H,6,7). The lowest BCUT2D eigenvalue weighted by atomic mass is 10.0. The topological polar surface area (TPSA) is 72.9 Å². The van der Waals surface area contributed by atoms with Gasteiger partial charge in [0.1, 0.15) is 0 Å². The molecule has 212 valence electrons. The van der Waals surface area contributed by atoms with Crippen LogP contribution in [0.3, 0.4) is 0 Å². The van der Waals surface area contributed by atoms with Crippen molar-refractivity contribution in [1.82, 2.24) is 9.80 Å². The van der Waals surface area contributed by atoms with Gasteiger partial charge in [-0.05, 0) is 79.2 Å². The predicted molar refractivity (Wildman–Crippen MR) is 149 cm³/mol. The number of nitrogens with one attached hydrogen (secondary N) is 1. The molecule has 6 nitrogen and oxygen atoms in total. The molecular weight excluding hydrogens is 519 g/mol. The number of halogens is 3. The third-order valence-electron chi connectivity index (χ3n) is 6.98. The SMILES string of the molecule is O=C(Nc1cccc(CN2CCCN(CC3CC3)CC2)c1)c1ccc(-c2ccccc2)cc1.O=C(O)C(F)(F)F. The quantitative estimate of drug-likeness (QED) is 0.367. The number of carbonyl (C=O) groups is 2. The summed E-state index contributed by atoms with van der Waals surface area (Å²) in [6, 6.07) is 26.3. The summed E-state index contributed by atoms with van der Waals surface area (Å²) in [6.07, 6.45) is -0.992. The predicted octanol–water partition coefficient (Wildman–Crippen LogP) is 6.16. The van der Waals surface area contributed by atoms with Crippen molar-refractivity contribution < 1.29 is 27.9 Å². The molecule has 3 aromatic rings. The molecule has 40 heavy (non-hydrogen) atoms. The van der Waals surface area contributed by atoms with Crippen molar-refractivity contribution in [3.8, 4) is 11.1 Å². The van der Waals surface area contributed by atoms with E-state index in [4.69, 9.17) is 9.90 Å². The number of aliphatic carboxylic acids is 1. The third-order valence-corrected chi connectivity index (χ3v) is 6.98. The lowest BCUT2D eigenvalue weighted by Crippen LogP contribution is -2.31. The van der Waals surface area contributed by atoms with Crippen LogP contribution in [0.2, 0.25) is 0 Å². The minimum atomic E-state index is -5.08. The minimum Gasteiger partial charge on any atom is -0.475 e. The van der Waals surface area contributed by atoms with Crippen LogP contribution in [0.25, 0.3) is 11.1 Å². The van der Waals surface area contributed by atoms with Crippen molar-refractivity contribution >= 4 is 17.6 Å². The Labute approximate surface area is 232 Å². The number of benzene rings is 3. The van der Waals surface area contributed by atoms with Gasteiger partial charge in [-0.2, -0.15) is 13.2 Å². The van der Waals surface area contributed by atoms with Crippen LogP contribution in [0.5, 0.6) is 0 Å². The van der Waals surface area contributed by atoms with Crippen LogP contribution in [0.1, 0.15) is 35.2 Å². The molecule has 1 amide bonds. The first-order valence-electron chi connectivity index (χ1n) is 13.5. The van der Waals surface area contributed by atoms with E-state index in [1.807, 2.05) is 54.6 Å². The Hall–Kier alpha value is -3.69. The fourth-order valence-corrected chi connectivity index (χ4v) is 4.68. The molecule has 0 spiro atoms. The second-order valence-corrected chi connectivity index (χ2v) is 10.3. The van der Waals surface area contributed by atoms with Crippen LogP contribution in [0.15, 0.2) is 78.9 Å². The van der Waals surface area contributed by atoms with Gasteiger partial charge < -0.3 is 15.3 Å². The molecule has 5 rings (SSSR count). The second kappa shape index (κ2) is 13.6. The number of alkyl halides is 3. The highest BCUT2D eigenvalue weighted by molar-refractivity contribution is 6.04. The van der Waals surface area contributed by atoms with E-state index >= 15 is 0 Å². The number of hydrogen-bond donors (Lipinski definition) is 2. The summed E-state index contributed by atoms with van der Waals surface area (Å²) in [4.78, 5) is 26.9. The van der Waals surface area contributed by atoms with Gasteiger partial charge in [0.25, 0.3) is 5.91 Å². The number of carboxylic acids is 1. The molecule has 2 aliphatic rings. The van der Waals surface area contributed by atoms with Crippen molar-refractivity contribution in [2.45, 2.75) is 32.0 Å². The van der Waals surface area contributed by atoms with E-state index < -0.39 is 12.1 Å². The maximum Gasteiger partial charge on any atom is 0.490 e. The number of carboxylic acid groups (broad SMARTS) is 1. The van der Waals surface area contributed by atoms with Crippen LogP contribution in [-0.2, 0) is 11.3 Å². The number of amides is 1. The Balaban J connectivity index is 0.000000470. The van der Waals surface area contributed by atoms with Gasteiger partial charge in [0, 0.05) is 37.4 Å². The molecule has 0 radical (unpaired) electrons. The van der Waals surface area contributed by atoms with E-state index in [0.29, 0.717) is 5.56 Å². The van der Waals surface area contributed by atoms with Crippen LogP contribution < -0.4 is 5.32 Å². The lowest BCUT2D eigenvalue weighted by Gasteiger charge is -2.22. The highest BCUT2D eigenvalue weighted by Gasteiger charge is 2.38. The molecule has 1 heterocycles. The molecule has 1 aliphatic carbocycles. The summed E-state index contributed by atoms with van der Waals surface area (Å²) in [6.45, 7) is 6.90. The number of carbonyl (C=O) groups excluding carboxylic acids is 1. The molecule has 1 saturated heterocycles. The summed E-state index contributed by atoms with van der Waals surface area (Å²) in [5.41, 5.74) is 5.05. The van der Waals surface area contributed by atoms with Gasteiger partial charge in [0.15, 0.2) is 0 Å². The van der Waals surface area contributed by atoms with Crippen molar-refractivity contribution in [3.05, 3.63) is 90.0 Å². The van der Waals surface area contributed by atoms with Gasteiger partial charge in [-0.1, -0.05) is 54.6 Å². The van der Waals surface area contributed by atoms with E-state index in [2.05, 4.69) is 39.4 Å². The highest BCUT2D eigenvalue weighted by Crippen LogP contribution is 2.30. The number of nitrogens with zero attached hydrogens (tertiary/aromatic N) is 2. The molecule has 2 N–H and O–H groups in total.